The predicted molar refractivity (Wildman–Crippen MR) is 154 cm³/mol. The molecule has 0 radical (unpaired) electrons. The number of likely N-dealkylation sites (tertiary alicyclic amines) is 1. The van der Waals surface area contributed by atoms with Crippen LogP contribution in [0.5, 0.6) is 5.75 Å². The summed E-state index contributed by atoms with van der Waals surface area (Å²) < 4.78 is 6.03. The van der Waals surface area contributed by atoms with E-state index in [0.717, 1.165) is 22.2 Å². The van der Waals surface area contributed by atoms with Crippen LogP contribution in [0.15, 0.2) is 59.6 Å². The molecule has 11 heteroatoms. The van der Waals surface area contributed by atoms with Crippen molar-refractivity contribution >= 4 is 28.6 Å². The largest absolute Gasteiger partial charge is 0.489 e. The third kappa shape index (κ3) is 7.57. The first kappa shape index (κ1) is 29.5. The third-order valence-electron chi connectivity index (χ3n) is 7.32. The Morgan fingerprint density at radius 2 is 1.88 bits per heavy atom. The van der Waals surface area contributed by atoms with Gasteiger partial charge in [0.25, 0.3) is 5.91 Å². The number of para-hydroxylation sites is 1. The Morgan fingerprint density at radius 1 is 1.17 bits per heavy atom. The van der Waals surface area contributed by atoms with E-state index in [4.69, 9.17) is 15.2 Å². The summed E-state index contributed by atoms with van der Waals surface area (Å²) >= 11 is 0. The third-order valence-corrected chi connectivity index (χ3v) is 7.32. The first-order valence-electron chi connectivity index (χ1n) is 13.4. The number of benzene rings is 2. The number of carbonyl (C=O) groups is 2. The van der Waals surface area contributed by atoms with Gasteiger partial charge in [0.2, 0.25) is 12.1 Å². The van der Waals surface area contributed by atoms with Crippen molar-refractivity contribution in [3.8, 4) is 11.9 Å². The van der Waals surface area contributed by atoms with Crippen molar-refractivity contribution in [2.75, 3.05) is 33.7 Å². The van der Waals surface area contributed by atoms with E-state index >= 15 is 0 Å². The van der Waals surface area contributed by atoms with E-state index in [1.165, 1.54) is 0 Å². The maximum Gasteiger partial charge on any atom is 0.251 e. The highest BCUT2D eigenvalue weighted by atomic mass is 16.5. The monoisotopic (exact) mass is 557 g/mol. The van der Waals surface area contributed by atoms with Gasteiger partial charge in [0.15, 0.2) is 0 Å². The Kier molecular flexibility index (Phi) is 9.49. The molecule has 11 nitrogen and oxygen atoms in total. The fraction of sp³-hybridized carbons (Fsp3) is 0.367. The normalized spacial score (nSPS) is 15.1. The summed E-state index contributed by atoms with van der Waals surface area (Å²) in [4.78, 5) is 37.8. The van der Waals surface area contributed by atoms with Crippen LogP contribution in [0.4, 0.5) is 0 Å². The van der Waals surface area contributed by atoms with E-state index in [-0.39, 0.29) is 12.3 Å². The number of hydrogen-bond donors (Lipinski definition) is 3. The first-order valence-corrected chi connectivity index (χ1v) is 13.4. The summed E-state index contributed by atoms with van der Waals surface area (Å²) in [5.74, 6) is 0.373. The minimum Gasteiger partial charge on any atom is -0.489 e. The van der Waals surface area contributed by atoms with Gasteiger partial charge in [-0.25, -0.2) is 5.48 Å². The first-order chi connectivity index (χ1) is 19.7. The van der Waals surface area contributed by atoms with E-state index in [1.54, 1.807) is 34.6 Å². The van der Waals surface area contributed by atoms with Gasteiger partial charge in [-0.15, -0.1) is 0 Å². The Balaban J connectivity index is 1.41. The molecule has 0 atom stereocenters. The fourth-order valence-electron chi connectivity index (χ4n) is 5.06. The summed E-state index contributed by atoms with van der Waals surface area (Å²) in [6, 6.07) is 16.8. The van der Waals surface area contributed by atoms with Gasteiger partial charge < -0.3 is 15.0 Å². The maximum atomic E-state index is 13.3. The summed E-state index contributed by atoms with van der Waals surface area (Å²) in [5.41, 5.74) is 4.15. The number of fused-ring (bicyclic) bond motifs is 1. The van der Waals surface area contributed by atoms with Gasteiger partial charge in [0.05, 0.1) is 24.0 Å². The Hall–Kier alpha value is -4.53. The number of aryl methyl sites for hydroxylation is 1. The molecular weight excluding hydrogens is 522 g/mol. The summed E-state index contributed by atoms with van der Waals surface area (Å²) in [5, 5.41) is 22.2. The molecular formula is C30H35N7O4. The molecule has 1 fully saturated rings. The number of nitrogens with one attached hydrogen (secondary N) is 2. The highest BCUT2D eigenvalue weighted by Crippen LogP contribution is 2.27. The summed E-state index contributed by atoms with van der Waals surface area (Å²) in [6.07, 6.45) is 2.75. The van der Waals surface area contributed by atoms with Gasteiger partial charge in [0, 0.05) is 49.4 Å². The second-order valence-corrected chi connectivity index (χ2v) is 10.5. The molecule has 2 heterocycles. The Labute approximate surface area is 239 Å². The fourth-order valence-corrected chi connectivity index (χ4v) is 5.06. The molecule has 0 aliphatic carbocycles. The van der Waals surface area contributed by atoms with Crippen molar-refractivity contribution in [3.63, 3.8) is 0 Å². The molecule has 214 valence electrons. The SMILES string of the molecule is Cc1cc(COc2ccc(C(=O)NC3(CC(=O)NO)CCN(CC(=NC#N)N(C)C)CC3)cc2)c2ccccc2n1. The van der Waals surface area contributed by atoms with Crippen LogP contribution in [0.2, 0.25) is 0 Å². The molecule has 3 aromatic rings. The van der Waals surface area contributed by atoms with E-state index in [9.17, 15) is 9.59 Å². The molecule has 1 saturated heterocycles. The lowest BCUT2D eigenvalue weighted by Gasteiger charge is -2.42. The molecule has 0 saturated carbocycles. The summed E-state index contributed by atoms with van der Waals surface area (Å²) in [6.45, 7) is 3.95. The van der Waals surface area contributed by atoms with Crippen LogP contribution >= 0.6 is 0 Å². The minimum atomic E-state index is -0.833. The van der Waals surface area contributed by atoms with Gasteiger partial charge in [-0.3, -0.25) is 24.7 Å². The zero-order valence-electron chi connectivity index (χ0n) is 23.6. The lowest BCUT2D eigenvalue weighted by Crippen LogP contribution is -2.57. The molecule has 1 aliphatic heterocycles. The standard InChI is InChI=1S/C30H35N7O4/c1-21-16-23(25-6-4-5-7-26(25)33-21)19-41-24-10-8-22(9-11-24)29(39)34-30(17-28(38)35-40)12-14-37(15-13-30)18-27(32-20-31)36(2)3/h4-11,16,40H,12-15,17-19H2,1-3H3,(H,34,39)(H,35,38). The topological polar surface area (TPSA) is 143 Å². The number of aromatic nitrogens is 1. The van der Waals surface area contributed by atoms with Crippen LogP contribution in [-0.4, -0.2) is 76.9 Å². The van der Waals surface area contributed by atoms with E-state index in [1.807, 2.05) is 57.5 Å². The van der Waals surface area contributed by atoms with Crippen LogP contribution in [0.3, 0.4) is 0 Å². The average molecular weight is 558 g/mol. The minimum absolute atomic E-state index is 0.0591. The number of likely N-dealkylation sites (N-methyl/N-ethyl adjacent to an activating group) is 1. The second kappa shape index (κ2) is 13.2. The van der Waals surface area contributed by atoms with Gasteiger partial charge in [0.1, 0.15) is 18.2 Å². The van der Waals surface area contributed by atoms with Gasteiger partial charge in [-0.2, -0.15) is 10.3 Å². The van der Waals surface area contributed by atoms with Crippen molar-refractivity contribution in [3.05, 3.63) is 71.4 Å². The van der Waals surface area contributed by atoms with E-state index in [2.05, 4.69) is 20.2 Å². The molecule has 0 spiro atoms. The number of amides is 2. The molecule has 41 heavy (non-hydrogen) atoms. The molecule has 0 bridgehead atoms. The Bertz CT molecular complexity index is 1460. The molecule has 1 aromatic heterocycles. The van der Waals surface area contributed by atoms with Crippen molar-refractivity contribution in [1.82, 2.24) is 25.6 Å². The van der Waals surface area contributed by atoms with Crippen LogP contribution in [0.1, 0.15) is 40.9 Å². The number of ether oxygens (including phenoxy) is 1. The number of rotatable bonds is 9. The summed E-state index contributed by atoms with van der Waals surface area (Å²) in [7, 11) is 3.66. The number of piperidine rings is 1. The molecule has 3 N–H and O–H groups in total. The maximum absolute atomic E-state index is 13.3. The molecule has 4 rings (SSSR count). The zero-order valence-corrected chi connectivity index (χ0v) is 23.6. The number of carbonyl (C=O) groups excluding carboxylic acids is 2. The number of hydrogen-bond acceptors (Lipinski definition) is 8. The Morgan fingerprint density at radius 3 is 2.54 bits per heavy atom. The average Bonchev–Trinajstić information content (AvgIpc) is 2.96. The smallest absolute Gasteiger partial charge is 0.251 e. The number of aliphatic imine (C=N–C) groups is 1. The lowest BCUT2D eigenvalue weighted by molar-refractivity contribution is -0.131. The zero-order chi connectivity index (χ0) is 29.4. The molecule has 2 aromatic carbocycles. The van der Waals surface area contributed by atoms with Crippen LogP contribution < -0.4 is 15.5 Å². The predicted octanol–water partition coefficient (Wildman–Crippen LogP) is 3.02. The number of pyridine rings is 1. The second-order valence-electron chi connectivity index (χ2n) is 10.5. The van der Waals surface area contributed by atoms with Crippen molar-refractivity contribution in [2.24, 2.45) is 4.99 Å². The number of hydroxylamine groups is 1. The number of amidine groups is 1. The molecule has 0 unspecified atom stereocenters. The van der Waals surface area contributed by atoms with Crippen molar-refractivity contribution in [2.45, 2.75) is 38.3 Å². The number of nitriles is 1. The molecule has 2 amide bonds. The van der Waals surface area contributed by atoms with Gasteiger partial charge in [-0.05, 0) is 56.2 Å². The number of nitrogens with zero attached hydrogens (tertiary/aromatic N) is 5. The molecule has 1 aliphatic rings. The van der Waals surface area contributed by atoms with Gasteiger partial charge >= 0.3 is 0 Å². The lowest BCUT2D eigenvalue weighted by atomic mass is 9.83. The highest BCUT2D eigenvalue weighted by Gasteiger charge is 2.38. The van der Waals surface area contributed by atoms with Crippen molar-refractivity contribution in [1.29, 1.82) is 5.26 Å². The highest BCUT2D eigenvalue weighted by molar-refractivity contribution is 5.95. The van der Waals surface area contributed by atoms with Crippen molar-refractivity contribution < 1.29 is 19.5 Å². The van der Waals surface area contributed by atoms with Crippen LogP contribution in [-0.2, 0) is 11.4 Å². The van der Waals surface area contributed by atoms with Crippen LogP contribution in [0.25, 0.3) is 10.9 Å². The quantitative estimate of drug-likeness (QED) is 0.120. The van der Waals surface area contributed by atoms with E-state index < -0.39 is 11.4 Å². The van der Waals surface area contributed by atoms with E-state index in [0.29, 0.717) is 56.2 Å². The van der Waals surface area contributed by atoms with Gasteiger partial charge in [-0.1, -0.05) is 18.2 Å². The van der Waals surface area contributed by atoms with Crippen LogP contribution in [0, 0.1) is 18.4 Å².